The predicted octanol–water partition coefficient (Wildman–Crippen LogP) is -0.979. The van der Waals surface area contributed by atoms with Gasteiger partial charge in [-0.1, -0.05) is 12.1 Å². The summed E-state index contributed by atoms with van der Waals surface area (Å²) in [5.74, 6) is -6.38. The van der Waals surface area contributed by atoms with Crippen LogP contribution >= 0.6 is 0 Å². The second kappa shape index (κ2) is 14.6. The van der Waals surface area contributed by atoms with Crippen LogP contribution in [0.5, 0.6) is 5.75 Å². The average Bonchev–Trinajstić information content (AvgIpc) is 2.71. The molecule has 1 rings (SSSR count). The van der Waals surface area contributed by atoms with Crippen molar-refractivity contribution in [3.05, 3.63) is 29.8 Å². The fourth-order valence-electron chi connectivity index (χ4n) is 3.90. The molecule has 2 atom stereocenters. The first-order valence-corrected chi connectivity index (χ1v) is 10.8. The number of phenols is 1. The van der Waals surface area contributed by atoms with Crippen molar-refractivity contribution in [2.75, 3.05) is 45.8 Å². The lowest BCUT2D eigenvalue weighted by Crippen LogP contribution is -2.55. The maximum Gasteiger partial charge on any atom is 0.317 e. The third-order valence-electron chi connectivity index (χ3n) is 5.19. The van der Waals surface area contributed by atoms with Gasteiger partial charge in [-0.3, -0.25) is 38.7 Å². The van der Waals surface area contributed by atoms with Gasteiger partial charge < -0.3 is 30.6 Å². The Morgan fingerprint density at radius 3 is 1.44 bits per heavy atom. The van der Waals surface area contributed by atoms with Gasteiger partial charge in [-0.2, -0.15) is 0 Å². The van der Waals surface area contributed by atoms with Crippen LogP contribution in [-0.2, 0) is 30.4 Å². The van der Waals surface area contributed by atoms with Gasteiger partial charge in [0, 0.05) is 25.2 Å². The largest absolute Gasteiger partial charge is 0.508 e. The third-order valence-corrected chi connectivity index (χ3v) is 5.19. The Labute approximate surface area is 206 Å². The number of aromatic hydroxyl groups is 1. The molecule has 0 unspecified atom stereocenters. The Hall–Kier alpha value is -3.75. The number of carboxylic acids is 5. The first kappa shape index (κ1) is 30.3. The molecule has 14 nitrogen and oxygen atoms in total. The van der Waals surface area contributed by atoms with E-state index < -0.39 is 74.7 Å². The summed E-state index contributed by atoms with van der Waals surface area (Å²) in [6.45, 7) is -1.77. The number of hydrogen-bond acceptors (Lipinski definition) is 9. The molecule has 0 aliphatic heterocycles. The number of phenolic OH excluding ortho intramolecular Hbond substituents is 1. The zero-order chi connectivity index (χ0) is 27.4. The van der Waals surface area contributed by atoms with Gasteiger partial charge in [-0.05, 0) is 31.0 Å². The van der Waals surface area contributed by atoms with Crippen molar-refractivity contribution in [2.24, 2.45) is 0 Å². The number of benzene rings is 1. The fraction of sp³-hybridized carbons (Fsp3) is 0.500. The third kappa shape index (κ3) is 12.1. The Morgan fingerprint density at radius 2 is 1.06 bits per heavy atom. The number of carbonyl (C=O) groups is 5. The Morgan fingerprint density at radius 1 is 0.667 bits per heavy atom. The molecule has 0 saturated heterocycles. The maximum atomic E-state index is 11.7. The van der Waals surface area contributed by atoms with E-state index in [1.54, 1.807) is 19.1 Å². The van der Waals surface area contributed by atoms with Crippen LogP contribution in [0, 0.1) is 0 Å². The highest BCUT2D eigenvalue weighted by atomic mass is 16.4. The van der Waals surface area contributed by atoms with Crippen molar-refractivity contribution in [3.8, 4) is 5.75 Å². The van der Waals surface area contributed by atoms with Crippen LogP contribution in [0.1, 0.15) is 12.5 Å². The highest BCUT2D eigenvalue weighted by Gasteiger charge is 2.30. The molecule has 0 aliphatic rings. The minimum Gasteiger partial charge on any atom is -0.508 e. The Balaban J connectivity index is 3.36. The first-order chi connectivity index (χ1) is 16.8. The molecule has 36 heavy (non-hydrogen) atoms. The molecule has 0 saturated carbocycles. The summed E-state index contributed by atoms with van der Waals surface area (Å²) in [4.78, 5) is 60.4. The van der Waals surface area contributed by atoms with Crippen molar-refractivity contribution in [1.29, 1.82) is 0 Å². The van der Waals surface area contributed by atoms with E-state index in [-0.39, 0.29) is 25.3 Å². The summed E-state index contributed by atoms with van der Waals surface area (Å²) in [5.41, 5.74) is 0.638. The van der Waals surface area contributed by atoms with Crippen molar-refractivity contribution in [1.82, 2.24) is 14.7 Å². The highest BCUT2D eigenvalue weighted by molar-refractivity contribution is 5.73. The fourth-order valence-corrected chi connectivity index (χ4v) is 3.90. The number of nitrogens with zero attached hydrogens (tertiary/aromatic N) is 3. The summed E-state index contributed by atoms with van der Waals surface area (Å²) in [7, 11) is 0. The van der Waals surface area contributed by atoms with Crippen LogP contribution in [0.4, 0.5) is 0 Å². The molecule has 0 heterocycles. The highest BCUT2D eigenvalue weighted by Crippen LogP contribution is 2.18. The molecule has 0 bridgehead atoms. The molecule has 0 aromatic heterocycles. The zero-order valence-electron chi connectivity index (χ0n) is 19.7. The van der Waals surface area contributed by atoms with Crippen LogP contribution in [-0.4, -0.2) is 133 Å². The molecule has 200 valence electrons. The normalized spacial score (nSPS) is 13.0. The maximum absolute atomic E-state index is 11.7. The Kier molecular flexibility index (Phi) is 12.3. The lowest BCUT2D eigenvalue weighted by atomic mass is 10.0. The molecule has 0 fully saturated rings. The number of rotatable bonds is 18. The van der Waals surface area contributed by atoms with E-state index in [1.165, 1.54) is 17.0 Å². The number of carboxylic acid groups (broad SMARTS) is 5. The molecule has 1 aromatic carbocycles. The molecular weight excluding hydrogens is 482 g/mol. The lowest BCUT2D eigenvalue weighted by Gasteiger charge is -2.39. The lowest BCUT2D eigenvalue weighted by molar-refractivity contribution is -0.144. The molecule has 6 N–H and O–H groups in total. The van der Waals surface area contributed by atoms with E-state index >= 15 is 0 Å². The van der Waals surface area contributed by atoms with E-state index in [4.69, 9.17) is 10.2 Å². The van der Waals surface area contributed by atoms with Crippen molar-refractivity contribution in [3.63, 3.8) is 0 Å². The number of aliphatic carboxylic acids is 5. The summed E-state index contributed by atoms with van der Waals surface area (Å²) in [6.07, 6.45) is 0.130. The molecule has 1 aromatic rings. The SMILES string of the molecule is C[C@@H](CN(CC(=O)O)CC(=O)O)N(CC(=O)O)[C@H](Cc1ccc(O)cc1)CN(CC(=O)O)CC(=O)O. The van der Waals surface area contributed by atoms with Gasteiger partial charge in [0.05, 0.1) is 32.7 Å². The molecule has 0 amide bonds. The molecule has 0 spiro atoms. The van der Waals surface area contributed by atoms with Crippen LogP contribution in [0.2, 0.25) is 0 Å². The van der Waals surface area contributed by atoms with Crippen molar-refractivity contribution >= 4 is 29.8 Å². The smallest absolute Gasteiger partial charge is 0.317 e. The van der Waals surface area contributed by atoms with Crippen LogP contribution in [0.3, 0.4) is 0 Å². The van der Waals surface area contributed by atoms with Crippen LogP contribution < -0.4 is 0 Å². The zero-order valence-corrected chi connectivity index (χ0v) is 19.7. The van der Waals surface area contributed by atoms with E-state index in [2.05, 4.69) is 0 Å². The topological polar surface area (TPSA) is 216 Å². The van der Waals surface area contributed by atoms with Gasteiger partial charge in [-0.25, -0.2) is 0 Å². The summed E-state index contributed by atoms with van der Waals surface area (Å²) in [5, 5.41) is 55.8. The van der Waals surface area contributed by atoms with E-state index in [0.717, 1.165) is 9.80 Å². The van der Waals surface area contributed by atoms with Crippen molar-refractivity contribution < 1.29 is 54.6 Å². The monoisotopic (exact) mass is 513 g/mol. The van der Waals surface area contributed by atoms with Crippen molar-refractivity contribution in [2.45, 2.75) is 25.4 Å². The van der Waals surface area contributed by atoms with Gasteiger partial charge >= 0.3 is 29.8 Å². The number of hydrogen-bond donors (Lipinski definition) is 6. The Bertz CT molecular complexity index is 890. The standard InChI is InChI=1S/C22H31N3O11/c1-14(7-23(9-18(27)28)10-19(29)30)25(13-22(35)36)16(6-15-2-4-17(26)5-3-15)8-24(11-20(31)32)12-21(33)34/h2-5,14,16,26H,6-13H2,1H3,(H,27,28)(H,29,30)(H,31,32)(H,33,34)(H,35,36)/t14-,16+/m0/s1. The van der Waals surface area contributed by atoms with Crippen LogP contribution in [0.15, 0.2) is 24.3 Å². The van der Waals surface area contributed by atoms with Gasteiger partial charge in [0.2, 0.25) is 0 Å². The van der Waals surface area contributed by atoms with E-state index in [0.29, 0.717) is 5.56 Å². The molecule has 0 radical (unpaired) electrons. The molecule has 0 aliphatic carbocycles. The molecule has 14 heteroatoms. The van der Waals surface area contributed by atoms with E-state index in [1.807, 2.05) is 0 Å². The minimum absolute atomic E-state index is 0.0116. The summed E-state index contributed by atoms with van der Waals surface area (Å²) < 4.78 is 0. The minimum atomic E-state index is -1.29. The summed E-state index contributed by atoms with van der Waals surface area (Å²) >= 11 is 0. The second-order valence-corrected chi connectivity index (χ2v) is 8.35. The van der Waals surface area contributed by atoms with Gasteiger partial charge in [0.15, 0.2) is 0 Å². The van der Waals surface area contributed by atoms with Gasteiger partial charge in [0.1, 0.15) is 5.75 Å². The first-order valence-electron chi connectivity index (χ1n) is 10.8. The van der Waals surface area contributed by atoms with E-state index in [9.17, 15) is 44.4 Å². The van der Waals surface area contributed by atoms with Crippen LogP contribution in [0.25, 0.3) is 0 Å². The van der Waals surface area contributed by atoms with Gasteiger partial charge in [-0.15, -0.1) is 0 Å². The van der Waals surface area contributed by atoms with Gasteiger partial charge in [0.25, 0.3) is 0 Å². The second-order valence-electron chi connectivity index (χ2n) is 8.35. The predicted molar refractivity (Wildman–Crippen MR) is 123 cm³/mol. The summed E-state index contributed by atoms with van der Waals surface area (Å²) in [6, 6.07) is 4.47. The average molecular weight is 514 g/mol. The quantitative estimate of drug-likeness (QED) is 0.139. The molecular formula is C22H31N3O11.